The summed E-state index contributed by atoms with van der Waals surface area (Å²) in [6, 6.07) is 6.67. The van der Waals surface area contributed by atoms with Gasteiger partial charge in [-0.2, -0.15) is 0 Å². The Labute approximate surface area is 126 Å². The molecule has 1 fully saturated rings. The molecule has 0 radical (unpaired) electrons. The maximum absolute atomic E-state index is 12.1. The van der Waals surface area contributed by atoms with Crippen molar-refractivity contribution in [1.29, 1.82) is 0 Å². The minimum absolute atomic E-state index is 0.114. The number of fused-ring (bicyclic) bond motifs is 1. The molecule has 1 aliphatic carbocycles. The first-order chi connectivity index (χ1) is 10.3. The van der Waals surface area contributed by atoms with Gasteiger partial charge in [0.1, 0.15) is 5.75 Å². The molecule has 0 saturated carbocycles. The van der Waals surface area contributed by atoms with Crippen LogP contribution in [0.5, 0.6) is 5.75 Å². The van der Waals surface area contributed by atoms with Gasteiger partial charge < -0.3 is 15.0 Å². The van der Waals surface area contributed by atoms with Gasteiger partial charge in [0.25, 0.3) is 5.91 Å². The number of carbonyl (C=O) groups excluding carboxylic acids is 1. The molecular weight excluding hydrogens is 264 g/mol. The monoisotopic (exact) mass is 288 g/mol. The van der Waals surface area contributed by atoms with Crippen LogP contribution < -0.4 is 10.1 Å². The van der Waals surface area contributed by atoms with Gasteiger partial charge in [-0.15, -0.1) is 0 Å². The summed E-state index contributed by atoms with van der Waals surface area (Å²) in [6.45, 7) is 1.93. The highest BCUT2D eigenvalue weighted by atomic mass is 16.5. The van der Waals surface area contributed by atoms with Crippen molar-refractivity contribution in [3.05, 3.63) is 29.3 Å². The molecule has 1 aromatic carbocycles. The van der Waals surface area contributed by atoms with Crippen molar-refractivity contribution in [3.63, 3.8) is 0 Å². The first-order valence-electron chi connectivity index (χ1n) is 7.98. The fourth-order valence-electron chi connectivity index (χ4n) is 3.36. The minimum Gasteiger partial charge on any atom is -0.484 e. The van der Waals surface area contributed by atoms with Crippen LogP contribution in [0.2, 0.25) is 0 Å². The Kier molecular flexibility index (Phi) is 4.44. The highest BCUT2D eigenvalue weighted by Crippen LogP contribution is 2.33. The van der Waals surface area contributed by atoms with Crippen molar-refractivity contribution in [3.8, 4) is 5.75 Å². The number of nitrogens with zero attached hydrogens (tertiary/aromatic N) is 1. The minimum atomic E-state index is 0.114. The van der Waals surface area contributed by atoms with E-state index >= 15 is 0 Å². The number of hydrogen-bond acceptors (Lipinski definition) is 3. The van der Waals surface area contributed by atoms with Crippen molar-refractivity contribution < 1.29 is 9.53 Å². The van der Waals surface area contributed by atoms with Crippen molar-refractivity contribution in [2.24, 2.45) is 0 Å². The summed E-state index contributed by atoms with van der Waals surface area (Å²) in [4.78, 5) is 14.0. The molecule has 1 amide bonds. The van der Waals surface area contributed by atoms with E-state index in [1.807, 2.05) is 18.0 Å². The van der Waals surface area contributed by atoms with Gasteiger partial charge in [0.05, 0.1) is 0 Å². The van der Waals surface area contributed by atoms with Crippen LogP contribution in [0.25, 0.3) is 0 Å². The lowest BCUT2D eigenvalue weighted by atomic mass is 10.1. The van der Waals surface area contributed by atoms with E-state index in [0.717, 1.165) is 44.5 Å². The molecule has 1 atom stereocenters. The molecule has 4 nitrogen and oxygen atoms in total. The third kappa shape index (κ3) is 3.21. The summed E-state index contributed by atoms with van der Waals surface area (Å²) in [6.07, 6.45) is 5.70. The molecule has 1 aromatic rings. The topological polar surface area (TPSA) is 41.6 Å². The Balaban J connectivity index is 1.57. The van der Waals surface area contributed by atoms with E-state index < -0.39 is 0 Å². The average molecular weight is 288 g/mol. The number of nitrogens with one attached hydrogen (secondary N) is 1. The molecule has 1 unspecified atom stereocenters. The predicted molar refractivity (Wildman–Crippen MR) is 82.5 cm³/mol. The van der Waals surface area contributed by atoms with E-state index in [9.17, 15) is 4.79 Å². The van der Waals surface area contributed by atoms with Gasteiger partial charge in [0.2, 0.25) is 0 Å². The van der Waals surface area contributed by atoms with Crippen LogP contribution in [-0.2, 0) is 11.2 Å². The Morgan fingerprint density at radius 2 is 2.14 bits per heavy atom. The molecule has 1 aliphatic heterocycles. The van der Waals surface area contributed by atoms with Crippen LogP contribution in [-0.4, -0.2) is 37.6 Å². The summed E-state index contributed by atoms with van der Waals surface area (Å²) in [5.74, 6) is 0.930. The predicted octanol–water partition coefficient (Wildman–Crippen LogP) is 2.28. The quantitative estimate of drug-likeness (QED) is 0.924. The fraction of sp³-hybridized carbons (Fsp3) is 0.588. The molecule has 0 bridgehead atoms. The Bertz CT molecular complexity index is 510. The van der Waals surface area contributed by atoms with Crippen LogP contribution >= 0.6 is 0 Å². The summed E-state index contributed by atoms with van der Waals surface area (Å²) in [5, 5.41) is 3.33. The van der Waals surface area contributed by atoms with E-state index in [4.69, 9.17) is 4.74 Å². The van der Waals surface area contributed by atoms with Gasteiger partial charge in [0.15, 0.2) is 6.61 Å². The summed E-state index contributed by atoms with van der Waals surface area (Å²) < 4.78 is 5.70. The lowest BCUT2D eigenvalue weighted by Gasteiger charge is -2.26. The Morgan fingerprint density at radius 3 is 2.90 bits per heavy atom. The maximum Gasteiger partial charge on any atom is 0.260 e. The number of aryl methyl sites for hydroxylation is 1. The molecule has 4 heteroatoms. The second-order valence-electron chi connectivity index (χ2n) is 5.97. The largest absolute Gasteiger partial charge is 0.484 e. The smallest absolute Gasteiger partial charge is 0.260 e. The second kappa shape index (κ2) is 6.48. The van der Waals surface area contributed by atoms with Crippen molar-refractivity contribution in [1.82, 2.24) is 10.2 Å². The Hall–Kier alpha value is -1.55. The molecule has 1 saturated heterocycles. The number of carbonyl (C=O) groups is 1. The van der Waals surface area contributed by atoms with Gasteiger partial charge in [-0.1, -0.05) is 6.07 Å². The van der Waals surface area contributed by atoms with Crippen LogP contribution in [0, 0.1) is 0 Å². The molecule has 0 aromatic heterocycles. The molecular formula is C17H24N2O2. The zero-order valence-electron chi connectivity index (χ0n) is 12.7. The van der Waals surface area contributed by atoms with Gasteiger partial charge in [-0.3, -0.25) is 4.79 Å². The molecule has 3 rings (SSSR count). The molecule has 0 spiro atoms. The normalized spacial score (nSPS) is 21.2. The van der Waals surface area contributed by atoms with Gasteiger partial charge in [-0.05, 0) is 62.4 Å². The number of likely N-dealkylation sites (tertiary alicyclic amines) is 1. The third-order valence-electron chi connectivity index (χ3n) is 4.61. The molecule has 1 N–H and O–H groups in total. The fourth-order valence-corrected chi connectivity index (χ4v) is 3.36. The summed E-state index contributed by atoms with van der Waals surface area (Å²) in [7, 11) is 2.00. The first kappa shape index (κ1) is 14.4. The average Bonchev–Trinajstić information content (AvgIpc) is 2.95. The van der Waals surface area contributed by atoms with Gasteiger partial charge >= 0.3 is 0 Å². The highest BCUT2D eigenvalue weighted by molar-refractivity contribution is 5.77. The van der Waals surface area contributed by atoms with Crippen molar-refractivity contribution in [2.45, 2.75) is 38.1 Å². The number of ether oxygens (including phenoxy) is 1. The second-order valence-corrected chi connectivity index (χ2v) is 5.97. The van der Waals surface area contributed by atoms with Crippen molar-refractivity contribution >= 4 is 5.91 Å². The van der Waals surface area contributed by atoms with E-state index in [1.54, 1.807) is 0 Å². The first-order valence-corrected chi connectivity index (χ1v) is 7.98. The van der Waals surface area contributed by atoms with Gasteiger partial charge in [0, 0.05) is 19.1 Å². The lowest BCUT2D eigenvalue weighted by Crippen LogP contribution is -2.38. The molecule has 1 heterocycles. The van der Waals surface area contributed by atoms with Crippen LogP contribution in [0.15, 0.2) is 18.2 Å². The number of benzene rings is 1. The number of hydrogen-bond donors (Lipinski definition) is 1. The zero-order chi connectivity index (χ0) is 14.7. The van der Waals surface area contributed by atoms with Crippen LogP contribution in [0.1, 0.15) is 42.9 Å². The standard InChI is InChI=1S/C17H24N2O2/c1-18-16-8-5-13-11-14(6-7-15(13)16)21-12-17(20)19-9-3-2-4-10-19/h6-7,11,16,18H,2-5,8-10,12H2,1H3. The van der Waals surface area contributed by atoms with E-state index in [1.165, 1.54) is 17.5 Å². The maximum atomic E-state index is 12.1. The molecule has 2 aliphatic rings. The van der Waals surface area contributed by atoms with Crippen LogP contribution in [0.3, 0.4) is 0 Å². The third-order valence-corrected chi connectivity index (χ3v) is 4.61. The van der Waals surface area contributed by atoms with E-state index in [0.29, 0.717) is 6.04 Å². The van der Waals surface area contributed by atoms with Gasteiger partial charge in [-0.25, -0.2) is 0 Å². The lowest BCUT2D eigenvalue weighted by molar-refractivity contribution is -0.134. The summed E-state index contributed by atoms with van der Waals surface area (Å²) in [5.41, 5.74) is 2.71. The van der Waals surface area contributed by atoms with E-state index in [2.05, 4.69) is 17.4 Å². The molecule has 114 valence electrons. The number of piperidine rings is 1. The SMILES string of the molecule is CNC1CCc2cc(OCC(=O)N3CCCCC3)ccc21. The zero-order valence-corrected chi connectivity index (χ0v) is 12.7. The van der Waals surface area contributed by atoms with E-state index in [-0.39, 0.29) is 12.5 Å². The summed E-state index contributed by atoms with van der Waals surface area (Å²) >= 11 is 0. The van der Waals surface area contributed by atoms with Crippen LogP contribution in [0.4, 0.5) is 0 Å². The number of amides is 1. The number of rotatable bonds is 4. The van der Waals surface area contributed by atoms with Crippen molar-refractivity contribution in [2.75, 3.05) is 26.7 Å². The molecule has 21 heavy (non-hydrogen) atoms. The Morgan fingerprint density at radius 1 is 1.33 bits per heavy atom. The highest BCUT2D eigenvalue weighted by Gasteiger charge is 2.21.